The maximum Gasteiger partial charge on any atom is 0.227 e. The van der Waals surface area contributed by atoms with Gasteiger partial charge in [-0.3, -0.25) is 4.79 Å². The van der Waals surface area contributed by atoms with Crippen molar-refractivity contribution in [2.45, 2.75) is 19.9 Å². The van der Waals surface area contributed by atoms with Gasteiger partial charge in [-0.15, -0.1) is 0 Å². The molecule has 0 unspecified atom stereocenters. The minimum atomic E-state index is 0.0561. The Kier molecular flexibility index (Phi) is 6.66. The van der Waals surface area contributed by atoms with Crippen LogP contribution in [0.4, 0.5) is 0 Å². The van der Waals surface area contributed by atoms with Crippen molar-refractivity contribution in [2.24, 2.45) is 0 Å². The second kappa shape index (κ2) is 9.96. The minimum Gasteiger partial charge on any atom is -0.494 e. The smallest absolute Gasteiger partial charge is 0.227 e. The minimum absolute atomic E-state index is 0.0561. The molecule has 0 saturated heterocycles. The Morgan fingerprint density at radius 1 is 0.938 bits per heavy atom. The summed E-state index contributed by atoms with van der Waals surface area (Å²) in [7, 11) is 1.84. The molecule has 3 aromatic carbocycles. The lowest BCUT2D eigenvalue weighted by atomic mass is 10.1. The molecular weight excluding hydrogens is 398 g/mol. The zero-order chi connectivity index (χ0) is 22.3. The second-order valence-corrected chi connectivity index (χ2v) is 7.65. The maximum absolute atomic E-state index is 12.9. The third kappa shape index (κ3) is 5.06. The van der Waals surface area contributed by atoms with Crippen molar-refractivity contribution in [3.63, 3.8) is 0 Å². The van der Waals surface area contributed by atoms with Gasteiger partial charge in [0, 0.05) is 30.9 Å². The molecule has 0 saturated carbocycles. The van der Waals surface area contributed by atoms with Crippen LogP contribution in [0, 0.1) is 0 Å². The normalized spacial score (nSPS) is 10.7. The number of amides is 1. The fraction of sp³-hybridized carbons (Fsp3) is 0.185. The maximum atomic E-state index is 12.9. The molecule has 1 amide bonds. The molecule has 0 radical (unpaired) electrons. The predicted molar refractivity (Wildman–Crippen MR) is 127 cm³/mol. The number of nitrogens with zero attached hydrogens (tertiary/aromatic N) is 3. The van der Waals surface area contributed by atoms with E-state index in [0.717, 1.165) is 33.8 Å². The number of ether oxygens (including phenoxy) is 1. The highest BCUT2D eigenvalue weighted by molar-refractivity contribution is 5.79. The molecule has 0 fully saturated rings. The summed E-state index contributed by atoms with van der Waals surface area (Å²) in [6.45, 7) is 3.06. The molecule has 4 aromatic rings. The SMILES string of the molecule is CCOc1ccc(CC(=O)N(C)Cc2cn(-c3ccccc3)nc2-c2ccccc2)cc1. The third-order valence-corrected chi connectivity index (χ3v) is 5.28. The summed E-state index contributed by atoms with van der Waals surface area (Å²) in [5.41, 5.74) is 4.87. The van der Waals surface area contributed by atoms with Crippen LogP contribution >= 0.6 is 0 Å². The molecule has 5 nitrogen and oxygen atoms in total. The average Bonchev–Trinajstić information content (AvgIpc) is 3.25. The van der Waals surface area contributed by atoms with Gasteiger partial charge in [0.15, 0.2) is 0 Å². The molecule has 0 N–H and O–H groups in total. The molecule has 1 heterocycles. The van der Waals surface area contributed by atoms with Crippen LogP contribution < -0.4 is 4.74 Å². The number of hydrogen-bond acceptors (Lipinski definition) is 3. The molecule has 0 aliphatic heterocycles. The summed E-state index contributed by atoms with van der Waals surface area (Å²) >= 11 is 0. The van der Waals surface area contributed by atoms with Gasteiger partial charge in [-0.1, -0.05) is 60.7 Å². The van der Waals surface area contributed by atoms with E-state index in [9.17, 15) is 4.79 Å². The summed E-state index contributed by atoms with van der Waals surface area (Å²) in [4.78, 5) is 14.7. The van der Waals surface area contributed by atoms with Gasteiger partial charge in [0.05, 0.1) is 24.4 Å². The van der Waals surface area contributed by atoms with Crippen LogP contribution in [0.3, 0.4) is 0 Å². The molecule has 5 heteroatoms. The Morgan fingerprint density at radius 2 is 1.59 bits per heavy atom. The third-order valence-electron chi connectivity index (χ3n) is 5.28. The molecule has 1 aromatic heterocycles. The fourth-order valence-electron chi connectivity index (χ4n) is 3.60. The first kappa shape index (κ1) is 21.4. The van der Waals surface area contributed by atoms with Gasteiger partial charge < -0.3 is 9.64 Å². The van der Waals surface area contributed by atoms with Gasteiger partial charge in [-0.25, -0.2) is 4.68 Å². The van der Waals surface area contributed by atoms with Crippen molar-refractivity contribution in [1.82, 2.24) is 14.7 Å². The standard InChI is InChI=1S/C27H27N3O2/c1-3-32-25-16-14-21(15-17-25)18-26(31)29(2)19-23-20-30(24-12-8-5-9-13-24)28-27(23)22-10-6-4-7-11-22/h4-17,20H,3,18-19H2,1-2H3. The van der Waals surface area contributed by atoms with Crippen LogP contribution in [0.5, 0.6) is 5.75 Å². The first-order valence-electron chi connectivity index (χ1n) is 10.8. The number of rotatable bonds is 8. The first-order chi connectivity index (χ1) is 15.6. The van der Waals surface area contributed by atoms with E-state index in [1.165, 1.54) is 0 Å². The van der Waals surface area contributed by atoms with Gasteiger partial charge in [-0.05, 0) is 36.8 Å². The van der Waals surface area contributed by atoms with Gasteiger partial charge in [0.2, 0.25) is 5.91 Å². The second-order valence-electron chi connectivity index (χ2n) is 7.65. The van der Waals surface area contributed by atoms with Gasteiger partial charge >= 0.3 is 0 Å². The molecule has 0 aliphatic rings. The Bertz CT molecular complexity index is 1150. The van der Waals surface area contributed by atoms with Crippen molar-refractivity contribution in [3.8, 4) is 22.7 Å². The topological polar surface area (TPSA) is 47.4 Å². The fourth-order valence-corrected chi connectivity index (χ4v) is 3.60. The highest BCUT2D eigenvalue weighted by atomic mass is 16.5. The number of para-hydroxylation sites is 1. The van der Waals surface area contributed by atoms with Crippen LogP contribution in [0.1, 0.15) is 18.1 Å². The Balaban J connectivity index is 1.54. The quantitative estimate of drug-likeness (QED) is 0.393. The summed E-state index contributed by atoms with van der Waals surface area (Å²) in [5, 5.41) is 4.84. The zero-order valence-electron chi connectivity index (χ0n) is 18.4. The molecule has 4 rings (SSSR count). The van der Waals surface area contributed by atoms with Crippen LogP contribution in [0.25, 0.3) is 16.9 Å². The van der Waals surface area contributed by atoms with E-state index in [1.807, 2.05) is 110 Å². The van der Waals surface area contributed by atoms with Crippen LogP contribution in [-0.2, 0) is 17.8 Å². The molecular formula is C27H27N3O2. The number of aromatic nitrogens is 2. The van der Waals surface area contributed by atoms with E-state index in [0.29, 0.717) is 19.6 Å². The number of benzene rings is 3. The number of likely N-dealkylation sites (N-methyl/N-ethyl adjacent to an activating group) is 1. The Morgan fingerprint density at radius 3 is 2.25 bits per heavy atom. The highest BCUT2D eigenvalue weighted by Crippen LogP contribution is 2.25. The molecule has 0 atom stereocenters. The molecule has 0 spiro atoms. The van der Waals surface area contributed by atoms with Gasteiger partial charge in [-0.2, -0.15) is 5.10 Å². The Labute approximate surface area is 188 Å². The van der Waals surface area contributed by atoms with Crippen molar-refractivity contribution in [2.75, 3.05) is 13.7 Å². The van der Waals surface area contributed by atoms with E-state index in [2.05, 4.69) is 0 Å². The summed E-state index contributed by atoms with van der Waals surface area (Å²) in [5.74, 6) is 0.874. The summed E-state index contributed by atoms with van der Waals surface area (Å²) < 4.78 is 7.36. The van der Waals surface area contributed by atoms with E-state index in [1.54, 1.807) is 4.90 Å². The van der Waals surface area contributed by atoms with Crippen molar-refractivity contribution in [3.05, 3.63) is 102 Å². The number of carbonyl (C=O) groups excluding carboxylic acids is 1. The highest BCUT2D eigenvalue weighted by Gasteiger charge is 2.17. The van der Waals surface area contributed by atoms with E-state index in [4.69, 9.17) is 9.84 Å². The predicted octanol–water partition coefficient (Wildman–Crippen LogP) is 5.14. The number of carbonyl (C=O) groups is 1. The molecule has 0 bridgehead atoms. The van der Waals surface area contributed by atoms with E-state index >= 15 is 0 Å². The van der Waals surface area contributed by atoms with Crippen molar-refractivity contribution in [1.29, 1.82) is 0 Å². The lowest BCUT2D eigenvalue weighted by Gasteiger charge is -2.17. The first-order valence-corrected chi connectivity index (χ1v) is 10.8. The molecule has 32 heavy (non-hydrogen) atoms. The summed E-state index contributed by atoms with van der Waals surface area (Å²) in [6.07, 6.45) is 2.36. The van der Waals surface area contributed by atoms with Crippen molar-refractivity contribution >= 4 is 5.91 Å². The van der Waals surface area contributed by atoms with E-state index < -0.39 is 0 Å². The number of hydrogen-bond donors (Lipinski definition) is 0. The van der Waals surface area contributed by atoms with E-state index in [-0.39, 0.29) is 5.91 Å². The lowest BCUT2D eigenvalue weighted by molar-refractivity contribution is -0.129. The average molecular weight is 426 g/mol. The van der Waals surface area contributed by atoms with Gasteiger partial charge in [0.25, 0.3) is 0 Å². The Hall–Kier alpha value is -3.86. The molecule has 162 valence electrons. The lowest BCUT2D eigenvalue weighted by Crippen LogP contribution is -2.27. The van der Waals surface area contributed by atoms with Crippen molar-refractivity contribution < 1.29 is 9.53 Å². The largest absolute Gasteiger partial charge is 0.494 e. The monoisotopic (exact) mass is 425 g/mol. The van der Waals surface area contributed by atoms with Crippen LogP contribution in [0.15, 0.2) is 91.1 Å². The molecule has 0 aliphatic carbocycles. The summed E-state index contributed by atoms with van der Waals surface area (Å²) in [6, 6.07) is 27.8. The van der Waals surface area contributed by atoms with Crippen LogP contribution in [-0.4, -0.2) is 34.2 Å². The zero-order valence-corrected chi connectivity index (χ0v) is 18.4. The van der Waals surface area contributed by atoms with Crippen LogP contribution in [0.2, 0.25) is 0 Å². The van der Waals surface area contributed by atoms with Gasteiger partial charge in [0.1, 0.15) is 5.75 Å².